The predicted molar refractivity (Wildman–Crippen MR) is 81.0 cm³/mol. The minimum absolute atomic E-state index is 0.0953. The van der Waals surface area contributed by atoms with E-state index in [0.29, 0.717) is 6.54 Å². The number of thiophene rings is 1. The third-order valence-electron chi connectivity index (χ3n) is 3.09. The van der Waals surface area contributed by atoms with Crippen molar-refractivity contribution in [2.75, 3.05) is 6.54 Å². The lowest BCUT2D eigenvalue weighted by atomic mass is 10.1. The molecule has 0 fully saturated rings. The molecule has 0 bridgehead atoms. The molecule has 0 aliphatic rings. The fraction of sp³-hybridized carbons (Fsp3) is 0.267. The highest BCUT2D eigenvalue weighted by Gasteiger charge is 2.30. The van der Waals surface area contributed by atoms with Crippen molar-refractivity contribution < 1.29 is 23.1 Å². The maximum Gasteiger partial charge on any atom is 0.416 e. The van der Waals surface area contributed by atoms with Gasteiger partial charge in [-0.15, -0.1) is 0 Å². The maximum atomic E-state index is 12.6. The first-order valence-electron chi connectivity index (χ1n) is 6.74. The monoisotopic (exact) mass is 344 g/mol. The SMILES string of the molecule is O=C(NCc1ccsc1)NCC(O)c1cccc(C(F)(F)F)c1. The average Bonchev–Trinajstić information content (AvgIpc) is 3.03. The van der Waals surface area contributed by atoms with Gasteiger partial charge >= 0.3 is 12.2 Å². The summed E-state index contributed by atoms with van der Waals surface area (Å²) in [5, 5.41) is 18.7. The Balaban J connectivity index is 1.84. The molecule has 124 valence electrons. The molecule has 0 radical (unpaired) electrons. The predicted octanol–water partition coefficient (Wildman–Crippen LogP) is 3.30. The molecule has 8 heteroatoms. The molecular formula is C15H15F3N2O2S. The van der Waals surface area contributed by atoms with Gasteiger partial charge in [-0.3, -0.25) is 0 Å². The van der Waals surface area contributed by atoms with Crippen LogP contribution in [0.1, 0.15) is 22.8 Å². The number of amides is 2. The second-order valence-corrected chi connectivity index (χ2v) is 5.61. The largest absolute Gasteiger partial charge is 0.416 e. The summed E-state index contributed by atoms with van der Waals surface area (Å²) in [6, 6.07) is 5.76. The summed E-state index contributed by atoms with van der Waals surface area (Å²) >= 11 is 1.51. The number of carbonyl (C=O) groups is 1. The lowest BCUT2D eigenvalue weighted by Crippen LogP contribution is -2.37. The van der Waals surface area contributed by atoms with Crippen molar-refractivity contribution in [3.05, 3.63) is 57.8 Å². The van der Waals surface area contributed by atoms with E-state index in [2.05, 4.69) is 10.6 Å². The second kappa shape index (κ2) is 7.47. The molecule has 0 saturated heterocycles. The van der Waals surface area contributed by atoms with E-state index in [1.807, 2.05) is 16.8 Å². The van der Waals surface area contributed by atoms with E-state index in [9.17, 15) is 23.1 Å². The van der Waals surface area contributed by atoms with Gasteiger partial charge in [-0.1, -0.05) is 12.1 Å². The summed E-state index contributed by atoms with van der Waals surface area (Å²) in [4.78, 5) is 11.6. The Morgan fingerprint density at radius 1 is 1.26 bits per heavy atom. The zero-order valence-corrected chi connectivity index (χ0v) is 12.7. The van der Waals surface area contributed by atoms with Crippen LogP contribution in [0.5, 0.6) is 0 Å². The van der Waals surface area contributed by atoms with Crippen LogP contribution < -0.4 is 10.6 Å². The minimum Gasteiger partial charge on any atom is -0.387 e. The van der Waals surface area contributed by atoms with Crippen LogP contribution in [0.2, 0.25) is 0 Å². The lowest BCUT2D eigenvalue weighted by Gasteiger charge is -2.15. The summed E-state index contributed by atoms with van der Waals surface area (Å²) in [7, 11) is 0. The van der Waals surface area contributed by atoms with Crippen LogP contribution in [0, 0.1) is 0 Å². The van der Waals surface area contributed by atoms with E-state index in [4.69, 9.17) is 0 Å². The Morgan fingerprint density at radius 2 is 2.04 bits per heavy atom. The highest BCUT2D eigenvalue weighted by atomic mass is 32.1. The number of nitrogens with one attached hydrogen (secondary N) is 2. The topological polar surface area (TPSA) is 61.4 Å². The zero-order valence-electron chi connectivity index (χ0n) is 11.9. The molecule has 2 amide bonds. The van der Waals surface area contributed by atoms with Gasteiger partial charge in [0, 0.05) is 13.1 Å². The Hall–Kier alpha value is -2.06. The van der Waals surface area contributed by atoms with E-state index < -0.39 is 23.9 Å². The van der Waals surface area contributed by atoms with Gasteiger partial charge in [0.1, 0.15) is 0 Å². The van der Waals surface area contributed by atoms with Gasteiger partial charge in [0.2, 0.25) is 0 Å². The smallest absolute Gasteiger partial charge is 0.387 e. The number of alkyl halides is 3. The van der Waals surface area contributed by atoms with Crippen molar-refractivity contribution in [2.45, 2.75) is 18.8 Å². The number of carbonyl (C=O) groups excluding carboxylic acids is 1. The van der Waals surface area contributed by atoms with Crippen molar-refractivity contribution in [3.8, 4) is 0 Å². The van der Waals surface area contributed by atoms with Crippen LogP contribution >= 0.6 is 11.3 Å². The summed E-state index contributed by atoms with van der Waals surface area (Å²) in [6.07, 6.45) is -5.69. The molecule has 1 aromatic heterocycles. The number of rotatable bonds is 5. The van der Waals surface area contributed by atoms with Crippen LogP contribution in [0.3, 0.4) is 0 Å². The number of aliphatic hydroxyl groups excluding tert-OH is 1. The summed E-state index contributed by atoms with van der Waals surface area (Å²) in [5.41, 5.74) is 0.206. The minimum atomic E-state index is -4.47. The molecule has 3 N–H and O–H groups in total. The van der Waals surface area contributed by atoms with Crippen LogP contribution in [0.25, 0.3) is 0 Å². The highest BCUT2D eigenvalue weighted by Crippen LogP contribution is 2.30. The molecule has 1 unspecified atom stereocenters. The van der Waals surface area contributed by atoms with Gasteiger partial charge in [0.25, 0.3) is 0 Å². The summed E-state index contributed by atoms with van der Waals surface area (Å²) < 4.78 is 37.9. The van der Waals surface area contributed by atoms with Crippen molar-refractivity contribution in [1.29, 1.82) is 0 Å². The summed E-state index contributed by atoms with van der Waals surface area (Å²) in [6.45, 7) is 0.159. The van der Waals surface area contributed by atoms with Gasteiger partial charge < -0.3 is 15.7 Å². The molecule has 0 saturated carbocycles. The van der Waals surface area contributed by atoms with Gasteiger partial charge in [0.05, 0.1) is 11.7 Å². The van der Waals surface area contributed by atoms with Crippen molar-refractivity contribution in [1.82, 2.24) is 10.6 Å². The number of urea groups is 1. The van der Waals surface area contributed by atoms with Gasteiger partial charge in [-0.25, -0.2) is 4.79 Å². The fourth-order valence-electron chi connectivity index (χ4n) is 1.87. The molecule has 0 spiro atoms. The Bertz CT molecular complexity index is 644. The first kappa shape index (κ1) is 17.3. The van der Waals surface area contributed by atoms with Crippen LogP contribution in [-0.2, 0) is 12.7 Å². The van der Waals surface area contributed by atoms with Crippen molar-refractivity contribution in [3.63, 3.8) is 0 Å². The molecule has 4 nitrogen and oxygen atoms in total. The maximum absolute atomic E-state index is 12.6. The van der Waals surface area contributed by atoms with Gasteiger partial charge in [-0.05, 0) is 40.1 Å². The second-order valence-electron chi connectivity index (χ2n) is 4.83. The lowest BCUT2D eigenvalue weighted by molar-refractivity contribution is -0.137. The molecule has 0 aliphatic heterocycles. The van der Waals surface area contributed by atoms with Crippen molar-refractivity contribution in [2.24, 2.45) is 0 Å². The van der Waals surface area contributed by atoms with Crippen LogP contribution in [0.15, 0.2) is 41.1 Å². The van der Waals surface area contributed by atoms with E-state index in [-0.39, 0.29) is 12.1 Å². The number of benzene rings is 1. The van der Waals surface area contributed by atoms with Crippen molar-refractivity contribution >= 4 is 17.4 Å². The first-order chi connectivity index (χ1) is 10.9. The quantitative estimate of drug-likeness (QED) is 0.779. The Kier molecular flexibility index (Phi) is 5.62. The fourth-order valence-corrected chi connectivity index (χ4v) is 2.54. The Morgan fingerprint density at radius 3 is 2.70 bits per heavy atom. The molecule has 2 aromatic rings. The van der Waals surface area contributed by atoms with Gasteiger partial charge in [-0.2, -0.15) is 24.5 Å². The number of hydrogen-bond acceptors (Lipinski definition) is 3. The molecule has 0 aliphatic carbocycles. The van der Waals surface area contributed by atoms with E-state index in [0.717, 1.165) is 17.7 Å². The molecular weight excluding hydrogens is 329 g/mol. The van der Waals surface area contributed by atoms with Crippen LogP contribution in [-0.4, -0.2) is 17.7 Å². The molecule has 23 heavy (non-hydrogen) atoms. The first-order valence-corrected chi connectivity index (χ1v) is 7.68. The molecule has 1 aromatic carbocycles. The highest BCUT2D eigenvalue weighted by molar-refractivity contribution is 7.07. The standard InChI is InChI=1S/C15H15F3N2O2S/c16-15(17,18)12-3-1-2-11(6-12)13(21)8-20-14(22)19-7-10-4-5-23-9-10/h1-6,9,13,21H,7-8H2,(H2,19,20,22). The van der Waals surface area contributed by atoms with E-state index >= 15 is 0 Å². The average molecular weight is 344 g/mol. The molecule has 1 heterocycles. The number of aliphatic hydroxyl groups is 1. The number of hydrogen-bond donors (Lipinski definition) is 3. The molecule has 2 rings (SSSR count). The van der Waals surface area contributed by atoms with E-state index in [1.165, 1.54) is 23.5 Å². The Labute approximate surface area is 135 Å². The number of halogens is 3. The zero-order chi connectivity index (χ0) is 16.9. The summed E-state index contributed by atoms with van der Waals surface area (Å²) in [5.74, 6) is 0. The molecule has 1 atom stereocenters. The third kappa shape index (κ3) is 5.26. The third-order valence-corrected chi connectivity index (χ3v) is 3.82. The normalized spacial score (nSPS) is 12.7. The van der Waals surface area contributed by atoms with Crippen LogP contribution in [0.4, 0.5) is 18.0 Å². The van der Waals surface area contributed by atoms with E-state index in [1.54, 1.807) is 0 Å². The van der Waals surface area contributed by atoms with Gasteiger partial charge in [0.15, 0.2) is 0 Å².